The molecule has 1 heterocycles. The fraction of sp³-hybridized carbons (Fsp3) is 0.773. The molecule has 0 aromatic rings. The van der Waals surface area contributed by atoms with Crippen LogP contribution in [0.2, 0.25) is 0 Å². The van der Waals surface area contributed by atoms with Crippen LogP contribution in [0, 0.1) is 17.8 Å². The van der Waals surface area contributed by atoms with Crippen LogP contribution < -0.4 is 48.7 Å². The number of aliphatic imine (C=N–C) groups is 1. The summed E-state index contributed by atoms with van der Waals surface area (Å²) in [6.45, 7) is 17.1. The van der Waals surface area contributed by atoms with Gasteiger partial charge in [0.15, 0.2) is 5.96 Å². The first-order valence-corrected chi connectivity index (χ1v) is 23.3. The van der Waals surface area contributed by atoms with Crippen molar-refractivity contribution in [2.45, 2.75) is 169 Å². The third-order valence-electron chi connectivity index (χ3n) is 11.8. The van der Waals surface area contributed by atoms with Gasteiger partial charge in [-0.05, 0) is 63.7 Å². The lowest BCUT2D eigenvalue weighted by atomic mass is 9.95. The Hall–Kier alpha value is -5.54. The fourth-order valence-electron chi connectivity index (χ4n) is 7.46. The molecule has 1 saturated heterocycles. The van der Waals surface area contributed by atoms with E-state index in [1.807, 2.05) is 6.92 Å². The topological polar surface area (TPSA) is 329 Å². The molecule has 0 bridgehead atoms. The van der Waals surface area contributed by atoms with E-state index in [0.29, 0.717) is 51.6 Å². The van der Waals surface area contributed by atoms with Crippen LogP contribution in [0.3, 0.4) is 0 Å². The van der Waals surface area contributed by atoms with Crippen LogP contribution in [0.4, 0.5) is 0 Å². The second-order valence-corrected chi connectivity index (χ2v) is 17.5. The van der Waals surface area contributed by atoms with Gasteiger partial charge >= 0.3 is 0 Å². The average Bonchev–Trinajstić information content (AvgIpc) is 3.76. The highest BCUT2D eigenvalue weighted by molar-refractivity contribution is 5.98. The lowest BCUT2D eigenvalue weighted by Crippen LogP contribution is -2.63. The Morgan fingerprint density at radius 3 is 1.79 bits per heavy atom. The number of nitrogens with two attached hydrogens (primary N) is 2. The maximum absolute atomic E-state index is 14.2. The molecule has 22 heteroatoms. The number of amides is 9. The summed E-state index contributed by atoms with van der Waals surface area (Å²) in [5.74, 6) is -6.95. The zero-order valence-corrected chi connectivity index (χ0v) is 41.0. The van der Waals surface area contributed by atoms with Crippen molar-refractivity contribution < 1.29 is 48.3 Å². The van der Waals surface area contributed by atoms with Crippen LogP contribution in [0.25, 0.3) is 0 Å². The lowest BCUT2D eigenvalue weighted by molar-refractivity contribution is -0.146. The molecule has 376 valence electrons. The summed E-state index contributed by atoms with van der Waals surface area (Å²) < 4.78 is 0. The Bertz CT molecular complexity index is 1690. The van der Waals surface area contributed by atoms with Gasteiger partial charge in [0.1, 0.15) is 42.3 Å². The van der Waals surface area contributed by atoms with Crippen molar-refractivity contribution in [1.29, 1.82) is 0 Å². The van der Waals surface area contributed by atoms with Crippen molar-refractivity contribution >= 4 is 59.1 Å². The second kappa shape index (κ2) is 29.2. The molecule has 12 N–H and O–H groups in total. The van der Waals surface area contributed by atoms with Crippen LogP contribution in [-0.2, 0) is 43.2 Å². The van der Waals surface area contributed by atoms with Crippen molar-refractivity contribution in [1.82, 2.24) is 47.0 Å². The first kappa shape index (κ1) is 58.5. The SMILES string of the molecule is CCC[C@@H](C(=O)N[C@H](C(=O)N[C@@H](CCCN=C(N)N)C(=O)N1CCC[C@H]1C(=O)NCC)[C@@H](C)CC)N(C)C(=O)[C@@H](NC(=O)[C@H](NC(=O)[C@@H](NC(=O)CNC(C)=O)C(C)C)[C@@H](C)CC)[C@@H](C)O. The predicted octanol–water partition coefficient (Wildman–Crippen LogP) is -1.52. The van der Waals surface area contributed by atoms with E-state index in [1.54, 1.807) is 48.5 Å². The van der Waals surface area contributed by atoms with Gasteiger partial charge in [-0.3, -0.25) is 48.1 Å². The molecule has 0 saturated carbocycles. The molecule has 22 nitrogen and oxygen atoms in total. The summed E-state index contributed by atoms with van der Waals surface area (Å²) in [5, 5.41) is 29.5. The summed E-state index contributed by atoms with van der Waals surface area (Å²) in [7, 11) is 1.35. The molecule has 0 radical (unpaired) electrons. The van der Waals surface area contributed by atoms with Gasteiger partial charge in [-0.2, -0.15) is 0 Å². The van der Waals surface area contributed by atoms with E-state index >= 15 is 0 Å². The molecule has 9 amide bonds. The summed E-state index contributed by atoms with van der Waals surface area (Å²) in [6.07, 6.45) is 1.41. The number of nitrogens with zero attached hydrogens (tertiary/aromatic N) is 3. The molecule has 1 aliphatic rings. The summed E-state index contributed by atoms with van der Waals surface area (Å²) in [5.41, 5.74) is 11.0. The Morgan fingerprint density at radius 2 is 1.29 bits per heavy atom. The fourth-order valence-corrected chi connectivity index (χ4v) is 7.46. The van der Waals surface area contributed by atoms with Crippen molar-refractivity contribution in [2.24, 2.45) is 34.2 Å². The summed E-state index contributed by atoms with van der Waals surface area (Å²) in [6, 6.07) is -8.04. The number of aliphatic hydroxyl groups is 1. The molecule has 66 heavy (non-hydrogen) atoms. The molecule has 0 spiro atoms. The number of carbonyl (C=O) groups excluding carboxylic acids is 9. The van der Waals surface area contributed by atoms with Gasteiger partial charge in [0.05, 0.1) is 12.6 Å². The first-order valence-electron chi connectivity index (χ1n) is 23.3. The van der Waals surface area contributed by atoms with Gasteiger partial charge < -0.3 is 63.6 Å². The van der Waals surface area contributed by atoms with Gasteiger partial charge in [-0.1, -0.05) is 67.7 Å². The molecule has 10 atom stereocenters. The normalized spacial score (nSPS) is 17.5. The Kier molecular flexibility index (Phi) is 25.8. The van der Waals surface area contributed by atoms with Gasteiger partial charge in [-0.25, -0.2) is 0 Å². The number of likely N-dealkylation sites (tertiary alicyclic amines) is 1. The van der Waals surface area contributed by atoms with Crippen LogP contribution in [0.15, 0.2) is 4.99 Å². The Labute approximate surface area is 390 Å². The summed E-state index contributed by atoms with van der Waals surface area (Å²) >= 11 is 0. The van der Waals surface area contributed by atoms with E-state index in [2.05, 4.69) is 42.2 Å². The van der Waals surface area contributed by atoms with Crippen molar-refractivity contribution in [3.05, 3.63) is 0 Å². The van der Waals surface area contributed by atoms with Gasteiger partial charge in [0, 0.05) is 33.6 Å². The number of hydrogen-bond donors (Lipinski definition) is 10. The minimum absolute atomic E-state index is 0.125. The largest absolute Gasteiger partial charge is 0.391 e. The Balaban J connectivity index is 3.42. The van der Waals surface area contributed by atoms with E-state index in [1.165, 1.54) is 25.8 Å². The monoisotopic (exact) mass is 937 g/mol. The maximum atomic E-state index is 14.2. The van der Waals surface area contributed by atoms with Crippen molar-refractivity contribution in [3.63, 3.8) is 0 Å². The van der Waals surface area contributed by atoms with E-state index in [9.17, 15) is 48.3 Å². The highest BCUT2D eigenvalue weighted by Gasteiger charge is 2.41. The standard InChI is InChI=1S/C44H80N12O10/c1-12-18-30(55(11)43(66)36(27(9)57)54-41(64)35(26(8)14-3)53-39(62)33(24(5)6)51-32(59)23-49-28(10)58)38(61)52-34(25(7)13-2)40(63)50-29(19-16-21-48-44(45)46)42(65)56-22-17-20-31(56)37(60)47-15-4/h24-27,29-31,33-36,57H,12-23H2,1-11H3,(H,47,60)(H,49,58)(H,50,63)(H,51,59)(H,52,61)(H,53,62)(H,54,64)(H4,45,46,48)/t25-,26-,27+,29-,30-,31-,33-,34-,35+,36-/m0/s1. The quantitative estimate of drug-likeness (QED) is 0.0243. The minimum Gasteiger partial charge on any atom is -0.391 e. The van der Waals surface area contributed by atoms with E-state index < -0.39 is 113 Å². The molecular weight excluding hydrogens is 857 g/mol. The minimum atomic E-state index is -1.58. The molecule has 0 aromatic carbocycles. The average molecular weight is 937 g/mol. The molecule has 0 aromatic heterocycles. The highest BCUT2D eigenvalue weighted by Crippen LogP contribution is 2.21. The van der Waals surface area contributed by atoms with Crippen LogP contribution in [-0.4, -0.2) is 156 Å². The van der Waals surface area contributed by atoms with E-state index in [4.69, 9.17) is 11.5 Å². The summed E-state index contributed by atoms with van der Waals surface area (Å²) in [4.78, 5) is 127. The van der Waals surface area contributed by atoms with Crippen LogP contribution in [0.5, 0.6) is 0 Å². The zero-order valence-electron chi connectivity index (χ0n) is 41.0. The number of carbonyl (C=O) groups is 9. The molecule has 1 aliphatic heterocycles. The number of rotatable bonds is 28. The van der Waals surface area contributed by atoms with Crippen molar-refractivity contribution in [2.75, 3.05) is 33.2 Å². The number of hydrogen-bond acceptors (Lipinski definition) is 11. The number of guanidine groups is 1. The van der Waals surface area contributed by atoms with E-state index in [-0.39, 0.29) is 37.8 Å². The van der Waals surface area contributed by atoms with Crippen molar-refractivity contribution in [3.8, 4) is 0 Å². The third-order valence-corrected chi connectivity index (χ3v) is 11.8. The maximum Gasteiger partial charge on any atom is 0.248 e. The number of likely N-dealkylation sites (N-methyl/N-ethyl adjacent to an activating group) is 2. The predicted molar refractivity (Wildman–Crippen MR) is 249 cm³/mol. The number of aliphatic hydroxyl groups excluding tert-OH is 1. The molecule has 1 rings (SSSR count). The van der Waals surface area contributed by atoms with Crippen LogP contribution in [0.1, 0.15) is 121 Å². The lowest BCUT2D eigenvalue weighted by Gasteiger charge is -2.35. The smallest absolute Gasteiger partial charge is 0.248 e. The number of nitrogens with one attached hydrogen (secondary N) is 7. The molecule has 1 fully saturated rings. The van der Waals surface area contributed by atoms with Crippen LogP contribution >= 0.6 is 0 Å². The second-order valence-electron chi connectivity index (χ2n) is 17.5. The van der Waals surface area contributed by atoms with Gasteiger partial charge in [-0.15, -0.1) is 0 Å². The van der Waals surface area contributed by atoms with E-state index in [0.717, 1.165) is 4.90 Å². The highest BCUT2D eigenvalue weighted by atomic mass is 16.3. The molecule has 0 unspecified atom stereocenters. The van der Waals surface area contributed by atoms with Gasteiger partial charge in [0.25, 0.3) is 0 Å². The zero-order chi connectivity index (χ0) is 50.4. The first-order chi connectivity index (χ1) is 31.0. The molecule has 0 aliphatic carbocycles. The Morgan fingerprint density at radius 1 is 0.742 bits per heavy atom. The van der Waals surface area contributed by atoms with Gasteiger partial charge in [0.2, 0.25) is 53.2 Å². The third kappa shape index (κ3) is 18.4. The molecular formula is C44H80N12O10.